The topological polar surface area (TPSA) is 98.8 Å². The number of hydrogen-bond acceptors (Lipinski definition) is 4. The van der Waals surface area contributed by atoms with Gasteiger partial charge >= 0.3 is 0 Å². The smallest absolute Gasteiger partial charge is 0.260 e. The van der Waals surface area contributed by atoms with Crippen LogP contribution in [0.3, 0.4) is 0 Å². The standard InChI is InChI=1S/C38H40N4O4/c1-3-41(29-15-7-5-8-16-29)37(45)31-19-11-13-21-33(31)39-35(43)27-23-25-28(26-24-27)36(44)40-34-22-14-12-20-32(34)38(46)42(4-2)30-17-9-6-10-18-30/h5-22,27-28H,3-4,23-26H2,1-2H3,(H,39,43)(H,40,44). The van der Waals surface area contributed by atoms with Gasteiger partial charge in [-0.25, -0.2) is 0 Å². The van der Waals surface area contributed by atoms with E-state index in [1.807, 2.05) is 74.5 Å². The van der Waals surface area contributed by atoms with Gasteiger partial charge in [0.15, 0.2) is 0 Å². The lowest BCUT2D eigenvalue weighted by atomic mass is 9.81. The maximum absolute atomic E-state index is 13.5. The summed E-state index contributed by atoms with van der Waals surface area (Å²) in [6.07, 6.45) is 2.18. The minimum Gasteiger partial charge on any atom is -0.325 e. The van der Waals surface area contributed by atoms with E-state index in [0.29, 0.717) is 61.3 Å². The van der Waals surface area contributed by atoms with Crippen LogP contribution in [0.15, 0.2) is 109 Å². The number of rotatable bonds is 10. The third-order valence-electron chi connectivity index (χ3n) is 8.56. The van der Waals surface area contributed by atoms with Crippen molar-refractivity contribution in [2.24, 2.45) is 11.8 Å². The summed E-state index contributed by atoms with van der Waals surface area (Å²) >= 11 is 0. The van der Waals surface area contributed by atoms with Crippen LogP contribution in [0, 0.1) is 11.8 Å². The molecular weight excluding hydrogens is 576 g/mol. The Labute approximate surface area is 270 Å². The highest BCUT2D eigenvalue weighted by molar-refractivity contribution is 6.12. The van der Waals surface area contributed by atoms with E-state index in [2.05, 4.69) is 10.6 Å². The summed E-state index contributed by atoms with van der Waals surface area (Å²) < 4.78 is 0. The molecule has 4 amide bonds. The number of nitrogens with zero attached hydrogens (tertiary/aromatic N) is 2. The van der Waals surface area contributed by atoms with Gasteiger partial charge in [0.1, 0.15) is 0 Å². The summed E-state index contributed by atoms with van der Waals surface area (Å²) in [5, 5.41) is 5.99. The Morgan fingerprint density at radius 1 is 0.522 bits per heavy atom. The summed E-state index contributed by atoms with van der Waals surface area (Å²) in [6.45, 7) is 4.81. The Morgan fingerprint density at radius 2 is 0.848 bits per heavy atom. The quantitative estimate of drug-likeness (QED) is 0.194. The molecule has 0 saturated heterocycles. The third-order valence-corrected chi connectivity index (χ3v) is 8.56. The second-order valence-electron chi connectivity index (χ2n) is 11.4. The first-order valence-electron chi connectivity index (χ1n) is 15.9. The van der Waals surface area contributed by atoms with Crippen LogP contribution in [0.4, 0.5) is 22.7 Å². The van der Waals surface area contributed by atoms with Crippen LogP contribution in [0.1, 0.15) is 60.2 Å². The van der Waals surface area contributed by atoms with Gasteiger partial charge in [-0.3, -0.25) is 19.2 Å². The molecule has 5 rings (SSSR count). The van der Waals surface area contributed by atoms with E-state index in [4.69, 9.17) is 0 Å². The minimum atomic E-state index is -0.276. The van der Waals surface area contributed by atoms with Gasteiger partial charge in [-0.1, -0.05) is 60.7 Å². The van der Waals surface area contributed by atoms with Gasteiger partial charge < -0.3 is 20.4 Å². The van der Waals surface area contributed by atoms with Crippen molar-refractivity contribution in [3.05, 3.63) is 120 Å². The molecule has 0 heterocycles. The highest BCUT2D eigenvalue weighted by atomic mass is 16.2. The molecule has 1 saturated carbocycles. The fourth-order valence-corrected chi connectivity index (χ4v) is 6.04. The summed E-state index contributed by atoms with van der Waals surface area (Å²) in [6, 6.07) is 33.0. The van der Waals surface area contributed by atoms with E-state index in [1.165, 1.54) is 0 Å². The number of para-hydroxylation sites is 4. The molecule has 236 valence electrons. The van der Waals surface area contributed by atoms with Gasteiger partial charge in [0.2, 0.25) is 11.8 Å². The molecule has 4 aromatic carbocycles. The molecule has 8 heteroatoms. The van der Waals surface area contributed by atoms with Gasteiger partial charge in [0.05, 0.1) is 22.5 Å². The van der Waals surface area contributed by atoms with E-state index in [9.17, 15) is 19.2 Å². The number of benzene rings is 4. The van der Waals surface area contributed by atoms with Gasteiger partial charge in [0.25, 0.3) is 11.8 Å². The molecule has 4 aromatic rings. The molecule has 0 unspecified atom stereocenters. The molecule has 2 N–H and O–H groups in total. The van der Waals surface area contributed by atoms with Gasteiger partial charge in [-0.2, -0.15) is 0 Å². The van der Waals surface area contributed by atoms with E-state index >= 15 is 0 Å². The maximum Gasteiger partial charge on any atom is 0.260 e. The van der Waals surface area contributed by atoms with Crippen LogP contribution in [-0.2, 0) is 9.59 Å². The lowest BCUT2D eigenvalue weighted by Crippen LogP contribution is -2.34. The first-order chi connectivity index (χ1) is 22.4. The second-order valence-corrected chi connectivity index (χ2v) is 11.4. The molecule has 0 bridgehead atoms. The predicted octanol–water partition coefficient (Wildman–Crippen LogP) is 7.40. The molecule has 0 aliphatic heterocycles. The van der Waals surface area contributed by atoms with E-state index in [1.54, 1.807) is 58.3 Å². The number of nitrogens with one attached hydrogen (secondary N) is 2. The van der Waals surface area contributed by atoms with Crippen molar-refractivity contribution in [2.45, 2.75) is 39.5 Å². The first kappa shape index (κ1) is 32.2. The fraction of sp³-hybridized carbons (Fsp3) is 0.263. The van der Waals surface area contributed by atoms with Crippen molar-refractivity contribution in [3.63, 3.8) is 0 Å². The van der Waals surface area contributed by atoms with Crippen molar-refractivity contribution in [2.75, 3.05) is 33.5 Å². The van der Waals surface area contributed by atoms with Crippen molar-refractivity contribution >= 4 is 46.4 Å². The Bertz CT molecular complexity index is 1540. The Balaban J connectivity index is 1.20. The third kappa shape index (κ3) is 7.34. The van der Waals surface area contributed by atoms with Crippen molar-refractivity contribution in [1.82, 2.24) is 0 Å². The lowest BCUT2D eigenvalue weighted by Gasteiger charge is -2.28. The number of carbonyl (C=O) groups excluding carboxylic acids is 4. The van der Waals surface area contributed by atoms with Crippen LogP contribution in [-0.4, -0.2) is 36.7 Å². The predicted molar refractivity (Wildman–Crippen MR) is 183 cm³/mol. The summed E-state index contributed by atoms with van der Waals surface area (Å²) in [7, 11) is 0. The van der Waals surface area contributed by atoms with Crippen LogP contribution in [0.5, 0.6) is 0 Å². The van der Waals surface area contributed by atoms with Crippen molar-refractivity contribution in [1.29, 1.82) is 0 Å². The van der Waals surface area contributed by atoms with E-state index < -0.39 is 0 Å². The van der Waals surface area contributed by atoms with Crippen molar-refractivity contribution < 1.29 is 19.2 Å². The number of anilines is 4. The molecule has 46 heavy (non-hydrogen) atoms. The Kier molecular flexibility index (Phi) is 10.6. The molecule has 0 radical (unpaired) electrons. The molecule has 0 spiro atoms. The zero-order valence-electron chi connectivity index (χ0n) is 26.3. The van der Waals surface area contributed by atoms with Crippen LogP contribution >= 0.6 is 0 Å². The van der Waals surface area contributed by atoms with E-state index in [0.717, 1.165) is 11.4 Å². The molecule has 1 aliphatic rings. The van der Waals surface area contributed by atoms with Gasteiger partial charge in [-0.05, 0) is 88.1 Å². The molecular formula is C38H40N4O4. The Morgan fingerprint density at radius 3 is 1.20 bits per heavy atom. The van der Waals surface area contributed by atoms with Gasteiger partial charge in [-0.15, -0.1) is 0 Å². The average Bonchev–Trinajstić information content (AvgIpc) is 3.10. The Hall–Kier alpha value is -5.24. The minimum absolute atomic E-state index is 0.154. The van der Waals surface area contributed by atoms with Crippen LogP contribution in [0.25, 0.3) is 0 Å². The van der Waals surface area contributed by atoms with Gasteiger partial charge in [0, 0.05) is 36.3 Å². The van der Waals surface area contributed by atoms with Crippen molar-refractivity contribution in [3.8, 4) is 0 Å². The molecule has 8 nitrogen and oxygen atoms in total. The summed E-state index contributed by atoms with van der Waals surface area (Å²) in [5.74, 6) is -1.23. The highest BCUT2D eigenvalue weighted by Crippen LogP contribution is 2.32. The molecule has 1 aliphatic carbocycles. The zero-order valence-corrected chi connectivity index (χ0v) is 26.3. The van der Waals surface area contributed by atoms with Crippen LogP contribution < -0.4 is 20.4 Å². The highest BCUT2D eigenvalue weighted by Gasteiger charge is 2.31. The largest absolute Gasteiger partial charge is 0.325 e. The lowest BCUT2D eigenvalue weighted by molar-refractivity contribution is -0.125. The first-order valence-corrected chi connectivity index (χ1v) is 15.9. The maximum atomic E-state index is 13.5. The SMILES string of the molecule is CCN(C(=O)c1ccccc1NC(=O)C1CCC(C(=O)Nc2ccccc2C(=O)N(CC)c2ccccc2)CC1)c1ccccc1. The molecule has 1 fully saturated rings. The number of carbonyl (C=O) groups is 4. The average molecular weight is 617 g/mol. The fourth-order valence-electron chi connectivity index (χ4n) is 6.04. The zero-order chi connectivity index (χ0) is 32.5. The monoisotopic (exact) mass is 616 g/mol. The van der Waals surface area contributed by atoms with E-state index in [-0.39, 0.29) is 35.5 Å². The summed E-state index contributed by atoms with van der Waals surface area (Å²) in [4.78, 5) is 57.1. The number of amides is 4. The molecule has 0 atom stereocenters. The summed E-state index contributed by atoms with van der Waals surface area (Å²) in [5.41, 5.74) is 3.39. The van der Waals surface area contributed by atoms with Crippen LogP contribution in [0.2, 0.25) is 0 Å². The normalized spacial score (nSPS) is 15.8. The second kappa shape index (κ2) is 15.2. The molecule has 0 aromatic heterocycles. The number of hydrogen-bond donors (Lipinski definition) is 2.